The second-order valence-corrected chi connectivity index (χ2v) is 14.6. The predicted molar refractivity (Wildman–Crippen MR) is 212 cm³/mol. The molecule has 0 saturated carbocycles. The van der Waals surface area contributed by atoms with Crippen molar-refractivity contribution >= 4 is 45.5 Å². The zero-order valence-corrected chi connectivity index (χ0v) is 30.9. The summed E-state index contributed by atoms with van der Waals surface area (Å²) >= 11 is 0. The molecule has 0 unspecified atom stereocenters. The Bertz CT molecular complexity index is 2210. The fraction of sp³-hybridized carbons (Fsp3) is 0.174. The summed E-state index contributed by atoms with van der Waals surface area (Å²) < 4.78 is 31.1. The standard InChI is InChI=1S/C46H42F2N4/c1-27-13-28(2)18-37(17-27)49-41-11-9-35(47)25-43(41)51(39-21-31(5)15-32(6)22-39)45(49)46-50(38-19-29(3)14-30(4)20-38)42-12-10-36(48)26-44(42)52(46)40-23-33(7)16-34(8)24-40/h9-26H,1-8H3/b46-45+. The molecule has 2 aliphatic heterocycles. The van der Waals surface area contributed by atoms with Crippen LogP contribution in [-0.4, -0.2) is 0 Å². The van der Waals surface area contributed by atoms with E-state index in [1.807, 2.05) is 12.1 Å². The zero-order chi connectivity index (χ0) is 36.6. The fourth-order valence-corrected chi connectivity index (χ4v) is 8.15. The van der Waals surface area contributed by atoms with Gasteiger partial charge in [0.15, 0.2) is 11.6 Å². The number of fused-ring (bicyclic) bond motifs is 2. The van der Waals surface area contributed by atoms with E-state index >= 15 is 8.78 Å². The van der Waals surface area contributed by atoms with Gasteiger partial charge in [-0.3, -0.25) is 19.6 Å². The van der Waals surface area contributed by atoms with Crippen molar-refractivity contribution < 1.29 is 8.78 Å². The Balaban J connectivity index is 1.59. The largest absolute Gasteiger partial charge is 0.291 e. The number of hydrogen-bond acceptors (Lipinski definition) is 4. The highest BCUT2D eigenvalue weighted by molar-refractivity contribution is 6.00. The third-order valence-corrected chi connectivity index (χ3v) is 9.74. The molecule has 0 amide bonds. The molecule has 0 aromatic heterocycles. The van der Waals surface area contributed by atoms with Crippen LogP contribution in [0.4, 0.5) is 54.3 Å². The monoisotopic (exact) mass is 688 g/mol. The van der Waals surface area contributed by atoms with Gasteiger partial charge in [0, 0.05) is 34.9 Å². The molecule has 0 atom stereocenters. The molecule has 260 valence electrons. The lowest BCUT2D eigenvalue weighted by molar-refractivity contribution is 0.628. The van der Waals surface area contributed by atoms with E-state index in [2.05, 4.69) is 148 Å². The molecule has 0 bridgehead atoms. The van der Waals surface area contributed by atoms with Gasteiger partial charge in [0.2, 0.25) is 0 Å². The summed E-state index contributed by atoms with van der Waals surface area (Å²) in [6.45, 7) is 16.8. The molecular weight excluding hydrogens is 647 g/mol. The van der Waals surface area contributed by atoms with Gasteiger partial charge in [-0.15, -0.1) is 0 Å². The van der Waals surface area contributed by atoms with Crippen molar-refractivity contribution in [3.63, 3.8) is 0 Å². The van der Waals surface area contributed by atoms with Gasteiger partial charge in [0.1, 0.15) is 11.6 Å². The van der Waals surface area contributed by atoms with Crippen molar-refractivity contribution in [2.45, 2.75) is 55.4 Å². The second-order valence-electron chi connectivity index (χ2n) is 14.6. The highest BCUT2D eigenvalue weighted by atomic mass is 19.1. The Kier molecular flexibility index (Phi) is 7.94. The summed E-state index contributed by atoms with van der Waals surface area (Å²) in [4.78, 5) is 8.85. The van der Waals surface area contributed by atoms with Gasteiger partial charge in [-0.05, 0) is 173 Å². The minimum atomic E-state index is -0.325. The van der Waals surface area contributed by atoms with Gasteiger partial charge in [-0.2, -0.15) is 0 Å². The van der Waals surface area contributed by atoms with Crippen LogP contribution < -0.4 is 19.6 Å². The van der Waals surface area contributed by atoms with Crippen molar-refractivity contribution in [3.05, 3.63) is 177 Å². The lowest BCUT2D eigenvalue weighted by atomic mass is 10.1. The minimum Gasteiger partial charge on any atom is -0.291 e. The molecule has 0 fully saturated rings. The third-order valence-electron chi connectivity index (χ3n) is 9.74. The SMILES string of the molecule is Cc1cc(C)cc(N2/C(=C3/N(c4cc(C)cc(C)c4)c4ccc(F)cc4N3c3cc(C)cc(C)c3)N(c3cc(C)cc(C)c3)c3cc(F)ccc32)c1. The van der Waals surface area contributed by atoms with E-state index in [-0.39, 0.29) is 11.6 Å². The second kappa shape index (κ2) is 12.4. The Morgan fingerprint density at radius 1 is 0.288 bits per heavy atom. The van der Waals surface area contributed by atoms with Crippen LogP contribution in [0.5, 0.6) is 0 Å². The van der Waals surface area contributed by atoms with Gasteiger partial charge in [0.05, 0.1) is 22.7 Å². The Morgan fingerprint density at radius 3 is 0.769 bits per heavy atom. The maximum Gasteiger partial charge on any atom is 0.166 e. The number of aryl methyl sites for hydroxylation is 8. The predicted octanol–water partition coefficient (Wildman–Crippen LogP) is 12.8. The molecule has 2 aliphatic rings. The number of benzene rings is 6. The van der Waals surface area contributed by atoms with Crippen molar-refractivity contribution in [2.24, 2.45) is 0 Å². The average Bonchev–Trinajstić information content (AvgIpc) is 3.55. The van der Waals surface area contributed by atoms with Crippen LogP contribution in [0.1, 0.15) is 44.5 Å². The zero-order valence-electron chi connectivity index (χ0n) is 30.9. The molecule has 0 saturated heterocycles. The van der Waals surface area contributed by atoms with Crippen LogP contribution >= 0.6 is 0 Å². The van der Waals surface area contributed by atoms with Gasteiger partial charge in [0.25, 0.3) is 0 Å². The van der Waals surface area contributed by atoms with E-state index in [0.29, 0.717) is 0 Å². The van der Waals surface area contributed by atoms with E-state index in [1.165, 1.54) is 12.1 Å². The van der Waals surface area contributed by atoms with E-state index in [0.717, 1.165) is 102 Å². The quantitative estimate of drug-likeness (QED) is 0.183. The van der Waals surface area contributed by atoms with Crippen molar-refractivity contribution in [1.82, 2.24) is 0 Å². The lowest BCUT2D eigenvalue weighted by Crippen LogP contribution is -2.33. The van der Waals surface area contributed by atoms with Gasteiger partial charge < -0.3 is 0 Å². The molecule has 0 radical (unpaired) electrons. The van der Waals surface area contributed by atoms with Crippen LogP contribution in [0, 0.1) is 67.0 Å². The first kappa shape index (κ1) is 33.3. The van der Waals surface area contributed by atoms with Crippen molar-refractivity contribution in [1.29, 1.82) is 0 Å². The minimum absolute atomic E-state index is 0.325. The van der Waals surface area contributed by atoms with E-state index in [9.17, 15) is 0 Å². The van der Waals surface area contributed by atoms with Crippen LogP contribution in [0.15, 0.2) is 121 Å². The molecule has 6 heteroatoms. The smallest absolute Gasteiger partial charge is 0.166 e. The van der Waals surface area contributed by atoms with Crippen LogP contribution in [0.25, 0.3) is 0 Å². The Hall–Kier alpha value is -5.88. The summed E-state index contributed by atoms with van der Waals surface area (Å²) in [6, 6.07) is 36.0. The van der Waals surface area contributed by atoms with E-state index in [1.54, 1.807) is 12.1 Å². The van der Waals surface area contributed by atoms with Crippen LogP contribution in [0.3, 0.4) is 0 Å². The van der Waals surface area contributed by atoms with E-state index < -0.39 is 0 Å². The molecular formula is C46H42F2N4. The molecule has 0 aliphatic carbocycles. The first-order chi connectivity index (χ1) is 24.8. The number of rotatable bonds is 4. The topological polar surface area (TPSA) is 13.0 Å². The van der Waals surface area contributed by atoms with Crippen LogP contribution in [0.2, 0.25) is 0 Å². The van der Waals surface area contributed by atoms with E-state index in [4.69, 9.17) is 0 Å². The summed E-state index contributed by atoms with van der Waals surface area (Å²) in [5.41, 5.74) is 15.7. The molecule has 0 spiro atoms. The number of hydrogen-bond donors (Lipinski definition) is 0. The molecule has 6 aromatic rings. The summed E-state index contributed by atoms with van der Waals surface area (Å²) in [7, 11) is 0. The first-order valence-electron chi connectivity index (χ1n) is 17.7. The first-order valence-corrected chi connectivity index (χ1v) is 17.7. The van der Waals surface area contributed by atoms with Gasteiger partial charge in [-0.1, -0.05) is 24.3 Å². The van der Waals surface area contributed by atoms with Gasteiger partial charge >= 0.3 is 0 Å². The molecule has 4 nitrogen and oxygen atoms in total. The summed E-state index contributed by atoms with van der Waals surface area (Å²) in [5.74, 6) is 0.943. The Morgan fingerprint density at radius 2 is 0.519 bits per heavy atom. The summed E-state index contributed by atoms with van der Waals surface area (Å²) in [6.07, 6.45) is 0. The molecule has 0 N–H and O–H groups in total. The maximum atomic E-state index is 15.6. The highest BCUT2D eigenvalue weighted by Crippen LogP contribution is 2.57. The van der Waals surface area contributed by atoms with Crippen molar-refractivity contribution in [3.8, 4) is 0 Å². The normalized spacial score (nSPS) is 15.1. The molecule has 2 heterocycles. The number of halogens is 2. The third kappa shape index (κ3) is 5.69. The molecule has 52 heavy (non-hydrogen) atoms. The Labute approximate surface area is 305 Å². The molecule has 6 aromatic carbocycles. The van der Waals surface area contributed by atoms with Crippen molar-refractivity contribution in [2.75, 3.05) is 19.6 Å². The maximum absolute atomic E-state index is 15.6. The van der Waals surface area contributed by atoms with Crippen LogP contribution in [-0.2, 0) is 0 Å². The highest BCUT2D eigenvalue weighted by Gasteiger charge is 2.45. The number of anilines is 8. The lowest BCUT2D eigenvalue weighted by Gasteiger charge is -2.35. The average molecular weight is 689 g/mol. The number of nitrogens with zero attached hydrogens (tertiary/aromatic N) is 4. The summed E-state index contributed by atoms with van der Waals surface area (Å²) in [5, 5.41) is 0. The van der Waals surface area contributed by atoms with Gasteiger partial charge in [-0.25, -0.2) is 8.78 Å². The fourth-order valence-electron chi connectivity index (χ4n) is 8.15. The molecule has 8 rings (SSSR count).